The van der Waals surface area contributed by atoms with Gasteiger partial charge in [-0.15, -0.1) is 0 Å². The predicted molar refractivity (Wildman–Crippen MR) is 74.1 cm³/mol. The fourth-order valence-corrected chi connectivity index (χ4v) is 4.22. The second-order valence-corrected chi connectivity index (χ2v) is 5.85. The molecule has 3 nitrogen and oxygen atoms in total. The SMILES string of the molecule is NCCN1CC[C@@H]2[C@H](C1)c1cccc3c1N2CC3. The number of benzene rings is 1. The lowest BCUT2D eigenvalue weighted by molar-refractivity contribution is 0.198. The number of rotatable bonds is 2. The molecule has 96 valence electrons. The van der Waals surface area contributed by atoms with Crippen molar-refractivity contribution < 1.29 is 0 Å². The van der Waals surface area contributed by atoms with E-state index < -0.39 is 0 Å². The van der Waals surface area contributed by atoms with Gasteiger partial charge in [-0.05, 0) is 24.0 Å². The second-order valence-electron chi connectivity index (χ2n) is 5.85. The maximum absolute atomic E-state index is 5.70. The van der Waals surface area contributed by atoms with Crippen LogP contribution >= 0.6 is 0 Å². The summed E-state index contributed by atoms with van der Waals surface area (Å²) in [6, 6.07) is 7.68. The number of anilines is 1. The van der Waals surface area contributed by atoms with E-state index in [1.807, 2.05) is 0 Å². The Morgan fingerprint density at radius 1 is 1.28 bits per heavy atom. The zero-order chi connectivity index (χ0) is 12.1. The summed E-state index contributed by atoms with van der Waals surface area (Å²) in [5.74, 6) is 0.723. The van der Waals surface area contributed by atoms with Crippen molar-refractivity contribution in [3.05, 3.63) is 29.3 Å². The molecule has 2 atom stereocenters. The second kappa shape index (κ2) is 3.97. The minimum Gasteiger partial charge on any atom is -0.367 e. The van der Waals surface area contributed by atoms with Crippen molar-refractivity contribution in [2.45, 2.75) is 24.8 Å². The van der Waals surface area contributed by atoms with Crippen molar-refractivity contribution in [2.24, 2.45) is 5.73 Å². The molecule has 0 bridgehead atoms. The van der Waals surface area contributed by atoms with Crippen LogP contribution in [0.3, 0.4) is 0 Å². The van der Waals surface area contributed by atoms with Gasteiger partial charge in [0.1, 0.15) is 0 Å². The lowest BCUT2D eigenvalue weighted by Gasteiger charge is -2.38. The summed E-state index contributed by atoms with van der Waals surface area (Å²) in [6.45, 7) is 5.50. The summed E-state index contributed by atoms with van der Waals surface area (Å²) in [5.41, 5.74) is 10.5. The van der Waals surface area contributed by atoms with E-state index in [9.17, 15) is 0 Å². The van der Waals surface area contributed by atoms with E-state index in [-0.39, 0.29) is 0 Å². The molecule has 0 saturated carbocycles. The van der Waals surface area contributed by atoms with Gasteiger partial charge in [0.05, 0.1) is 0 Å². The van der Waals surface area contributed by atoms with Crippen LogP contribution in [0.5, 0.6) is 0 Å². The number of likely N-dealkylation sites (tertiary alicyclic amines) is 1. The van der Waals surface area contributed by atoms with Crippen molar-refractivity contribution in [1.82, 2.24) is 4.90 Å². The average molecular weight is 243 g/mol. The first-order valence-electron chi connectivity index (χ1n) is 7.19. The van der Waals surface area contributed by atoms with E-state index in [1.54, 1.807) is 16.8 Å². The third-order valence-corrected chi connectivity index (χ3v) is 4.97. The van der Waals surface area contributed by atoms with Crippen LogP contribution in [0.1, 0.15) is 23.5 Å². The fraction of sp³-hybridized carbons (Fsp3) is 0.600. The molecule has 3 aliphatic rings. The Kier molecular flexibility index (Phi) is 2.39. The average Bonchev–Trinajstić information content (AvgIpc) is 2.95. The van der Waals surface area contributed by atoms with Gasteiger partial charge in [-0.2, -0.15) is 0 Å². The lowest BCUT2D eigenvalue weighted by atomic mass is 9.88. The van der Waals surface area contributed by atoms with Gasteiger partial charge >= 0.3 is 0 Å². The Balaban J connectivity index is 1.70. The number of nitrogens with zero attached hydrogens (tertiary/aromatic N) is 2. The summed E-state index contributed by atoms with van der Waals surface area (Å²) >= 11 is 0. The van der Waals surface area contributed by atoms with Crippen molar-refractivity contribution in [2.75, 3.05) is 37.6 Å². The molecule has 0 spiro atoms. The highest BCUT2D eigenvalue weighted by Crippen LogP contribution is 2.48. The minimum atomic E-state index is 0.723. The van der Waals surface area contributed by atoms with E-state index >= 15 is 0 Å². The molecule has 0 radical (unpaired) electrons. The Morgan fingerprint density at radius 3 is 3.11 bits per heavy atom. The summed E-state index contributed by atoms with van der Waals surface area (Å²) < 4.78 is 0. The smallest absolute Gasteiger partial charge is 0.0438 e. The normalized spacial score (nSPS) is 29.5. The lowest BCUT2D eigenvalue weighted by Crippen LogP contribution is -2.47. The molecule has 1 saturated heterocycles. The quantitative estimate of drug-likeness (QED) is 0.846. The maximum atomic E-state index is 5.70. The topological polar surface area (TPSA) is 32.5 Å². The number of hydrogen-bond acceptors (Lipinski definition) is 3. The van der Waals surface area contributed by atoms with Crippen LogP contribution in [-0.2, 0) is 6.42 Å². The van der Waals surface area contributed by atoms with Gasteiger partial charge in [0.2, 0.25) is 0 Å². The van der Waals surface area contributed by atoms with Gasteiger partial charge in [-0.1, -0.05) is 18.2 Å². The monoisotopic (exact) mass is 243 g/mol. The van der Waals surface area contributed by atoms with Crippen LogP contribution in [-0.4, -0.2) is 43.7 Å². The van der Waals surface area contributed by atoms with Crippen LogP contribution in [0.15, 0.2) is 18.2 Å². The van der Waals surface area contributed by atoms with Gasteiger partial charge in [0.15, 0.2) is 0 Å². The summed E-state index contributed by atoms with van der Waals surface area (Å²) in [4.78, 5) is 5.23. The zero-order valence-electron chi connectivity index (χ0n) is 10.8. The van der Waals surface area contributed by atoms with Crippen molar-refractivity contribution in [1.29, 1.82) is 0 Å². The number of piperidine rings is 1. The van der Waals surface area contributed by atoms with Gasteiger partial charge in [0, 0.05) is 50.4 Å². The summed E-state index contributed by atoms with van der Waals surface area (Å²) in [7, 11) is 0. The molecule has 1 fully saturated rings. The third-order valence-electron chi connectivity index (χ3n) is 4.97. The molecule has 0 unspecified atom stereocenters. The van der Waals surface area contributed by atoms with E-state index in [0.29, 0.717) is 0 Å². The van der Waals surface area contributed by atoms with E-state index in [4.69, 9.17) is 5.73 Å². The Labute approximate surface area is 109 Å². The van der Waals surface area contributed by atoms with E-state index in [1.165, 1.54) is 32.5 Å². The molecule has 2 N–H and O–H groups in total. The molecule has 4 rings (SSSR count). The molecular formula is C15H21N3. The maximum Gasteiger partial charge on any atom is 0.0438 e. The number of para-hydroxylation sites is 1. The Hall–Kier alpha value is -1.06. The van der Waals surface area contributed by atoms with Crippen LogP contribution in [0.25, 0.3) is 0 Å². The molecule has 3 aliphatic heterocycles. The van der Waals surface area contributed by atoms with E-state index in [2.05, 4.69) is 28.0 Å². The summed E-state index contributed by atoms with van der Waals surface area (Å²) in [5, 5.41) is 0. The Bertz CT molecular complexity index is 471. The molecule has 0 amide bonds. The predicted octanol–water partition coefficient (Wildman–Crippen LogP) is 1.18. The zero-order valence-corrected chi connectivity index (χ0v) is 10.8. The first-order valence-corrected chi connectivity index (χ1v) is 7.19. The van der Waals surface area contributed by atoms with Gasteiger partial charge in [-0.25, -0.2) is 0 Å². The highest BCUT2D eigenvalue weighted by molar-refractivity contribution is 5.70. The molecular weight excluding hydrogens is 222 g/mol. The highest BCUT2D eigenvalue weighted by Gasteiger charge is 2.44. The largest absolute Gasteiger partial charge is 0.367 e. The Morgan fingerprint density at radius 2 is 2.22 bits per heavy atom. The van der Waals surface area contributed by atoms with Crippen LogP contribution in [0, 0.1) is 0 Å². The minimum absolute atomic E-state index is 0.723. The van der Waals surface area contributed by atoms with Gasteiger partial charge in [-0.3, -0.25) is 0 Å². The standard InChI is InChI=1S/C15H21N3/c16-6-9-17-7-5-14-13(10-17)12-3-1-2-11-4-8-18(14)15(11)12/h1-3,13-14H,4-10,16H2/t13-,14-/m1/s1. The molecule has 3 heteroatoms. The van der Waals surface area contributed by atoms with E-state index in [0.717, 1.165) is 25.0 Å². The first kappa shape index (κ1) is 10.8. The molecule has 3 heterocycles. The molecule has 18 heavy (non-hydrogen) atoms. The third kappa shape index (κ3) is 1.38. The highest BCUT2D eigenvalue weighted by atomic mass is 15.3. The van der Waals surface area contributed by atoms with Crippen molar-refractivity contribution in [3.63, 3.8) is 0 Å². The molecule has 1 aromatic rings. The van der Waals surface area contributed by atoms with Crippen LogP contribution < -0.4 is 10.6 Å². The number of hydrogen-bond donors (Lipinski definition) is 1. The van der Waals surface area contributed by atoms with Crippen LogP contribution in [0.4, 0.5) is 5.69 Å². The summed E-state index contributed by atoms with van der Waals surface area (Å²) in [6.07, 6.45) is 2.55. The number of nitrogens with two attached hydrogens (primary N) is 1. The van der Waals surface area contributed by atoms with Gasteiger partial charge < -0.3 is 15.5 Å². The van der Waals surface area contributed by atoms with Crippen molar-refractivity contribution in [3.8, 4) is 0 Å². The molecule has 1 aromatic carbocycles. The molecule has 0 aromatic heterocycles. The molecule has 0 aliphatic carbocycles. The first-order chi connectivity index (χ1) is 8.88. The fourth-order valence-electron chi connectivity index (χ4n) is 4.22. The van der Waals surface area contributed by atoms with Gasteiger partial charge in [0.25, 0.3) is 0 Å². The number of fused-ring (bicyclic) bond motifs is 3. The van der Waals surface area contributed by atoms with Crippen molar-refractivity contribution >= 4 is 5.69 Å². The van der Waals surface area contributed by atoms with Crippen LogP contribution in [0.2, 0.25) is 0 Å².